The minimum absolute atomic E-state index is 0.128. The van der Waals surface area contributed by atoms with E-state index in [1.807, 2.05) is 18.2 Å². The van der Waals surface area contributed by atoms with Crippen LogP contribution in [-0.4, -0.2) is 45.4 Å². The van der Waals surface area contributed by atoms with Crippen LogP contribution in [0.15, 0.2) is 53.7 Å². The second-order valence-electron chi connectivity index (χ2n) is 6.70. The SMILES string of the molecule is O=C(NCC(c1ccccc1)N1CCCC1)c1cc2c(=O)[nH]cnc2cn1. The van der Waals surface area contributed by atoms with Gasteiger partial charge in [0.05, 0.1) is 29.5 Å². The van der Waals surface area contributed by atoms with Crippen LogP contribution in [0.1, 0.15) is 34.9 Å². The third-order valence-corrected chi connectivity index (χ3v) is 4.98. The van der Waals surface area contributed by atoms with Gasteiger partial charge in [0.15, 0.2) is 0 Å². The number of nitrogens with zero attached hydrogens (tertiary/aromatic N) is 3. The van der Waals surface area contributed by atoms with Crippen LogP contribution in [0.4, 0.5) is 0 Å². The highest BCUT2D eigenvalue weighted by molar-refractivity contribution is 5.95. The summed E-state index contributed by atoms with van der Waals surface area (Å²) in [6.45, 7) is 2.56. The van der Waals surface area contributed by atoms with Gasteiger partial charge in [-0.15, -0.1) is 0 Å². The summed E-state index contributed by atoms with van der Waals surface area (Å²) < 4.78 is 0. The number of rotatable bonds is 5. The van der Waals surface area contributed by atoms with Gasteiger partial charge in [-0.2, -0.15) is 0 Å². The first-order valence-corrected chi connectivity index (χ1v) is 9.13. The maximum absolute atomic E-state index is 12.6. The summed E-state index contributed by atoms with van der Waals surface area (Å²) in [5, 5.41) is 3.34. The summed E-state index contributed by atoms with van der Waals surface area (Å²) in [6, 6.07) is 11.8. The Morgan fingerprint density at radius 3 is 2.74 bits per heavy atom. The van der Waals surface area contributed by atoms with Crippen LogP contribution >= 0.6 is 0 Å². The normalized spacial score (nSPS) is 15.7. The number of aromatic amines is 1. The Kier molecular flexibility index (Phi) is 4.93. The van der Waals surface area contributed by atoms with Crippen molar-refractivity contribution in [2.24, 2.45) is 0 Å². The van der Waals surface area contributed by atoms with Crippen LogP contribution in [0.25, 0.3) is 10.9 Å². The topological polar surface area (TPSA) is 91.0 Å². The van der Waals surface area contributed by atoms with Crippen LogP contribution in [0, 0.1) is 0 Å². The number of carbonyl (C=O) groups is 1. The number of H-pyrrole nitrogens is 1. The third-order valence-electron chi connectivity index (χ3n) is 4.98. The number of hydrogen-bond donors (Lipinski definition) is 2. The second kappa shape index (κ2) is 7.67. The van der Waals surface area contributed by atoms with E-state index in [-0.39, 0.29) is 23.2 Å². The van der Waals surface area contributed by atoms with Crippen LogP contribution in [0.5, 0.6) is 0 Å². The Hall–Kier alpha value is -3.06. The number of likely N-dealkylation sites (tertiary alicyclic amines) is 1. The van der Waals surface area contributed by atoms with E-state index in [9.17, 15) is 9.59 Å². The van der Waals surface area contributed by atoms with Gasteiger partial charge in [0.2, 0.25) is 0 Å². The smallest absolute Gasteiger partial charge is 0.269 e. The zero-order valence-electron chi connectivity index (χ0n) is 14.9. The summed E-state index contributed by atoms with van der Waals surface area (Å²) in [4.78, 5) is 37.7. The lowest BCUT2D eigenvalue weighted by Gasteiger charge is -2.28. The van der Waals surface area contributed by atoms with E-state index in [4.69, 9.17) is 0 Å². The van der Waals surface area contributed by atoms with Crippen molar-refractivity contribution in [1.29, 1.82) is 0 Å². The molecule has 2 aromatic heterocycles. The highest BCUT2D eigenvalue weighted by Crippen LogP contribution is 2.24. The molecule has 0 spiro atoms. The quantitative estimate of drug-likeness (QED) is 0.722. The van der Waals surface area contributed by atoms with Crippen LogP contribution in [0.3, 0.4) is 0 Å². The Bertz CT molecular complexity index is 996. The molecule has 7 heteroatoms. The van der Waals surface area contributed by atoms with Crippen molar-refractivity contribution in [2.45, 2.75) is 18.9 Å². The monoisotopic (exact) mass is 363 g/mol. The van der Waals surface area contributed by atoms with Gasteiger partial charge in [0.25, 0.3) is 11.5 Å². The number of fused-ring (bicyclic) bond motifs is 1. The zero-order chi connectivity index (χ0) is 18.6. The van der Waals surface area contributed by atoms with Gasteiger partial charge in [-0.05, 0) is 37.6 Å². The van der Waals surface area contributed by atoms with Gasteiger partial charge in [-0.25, -0.2) is 9.97 Å². The van der Waals surface area contributed by atoms with Crippen molar-refractivity contribution >= 4 is 16.8 Å². The third kappa shape index (κ3) is 3.73. The summed E-state index contributed by atoms with van der Waals surface area (Å²) in [5.74, 6) is -0.291. The Morgan fingerprint density at radius 2 is 1.96 bits per heavy atom. The van der Waals surface area contributed by atoms with Crippen molar-refractivity contribution in [3.05, 3.63) is 70.5 Å². The number of aromatic nitrogens is 3. The molecule has 3 heterocycles. The van der Waals surface area contributed by atoms with E-state index in [1.165, 1.54) is 37.0 Å². The summed E-state index contributed by atoms with van der Waals surface area (Å²) in [7, 11) is 0. The molecular weight excluding hydrogens is 342 g/mol. The number of benzene rings is 1. The lowest BCUT2D eigenvalue weighted by atomic mass is 10.1. The minimum atomic E-state index is -0.291. The number of nitrogens with one attached hydrogen (secondary N) is 2. The Balaban J connectivity index is 1.53. The Morgan fingerprint density at radius 1 is 1.19 bits per heavy atom. The average Bonchev–Trinajstić information content (AvgIpc) is 3.23. The van der Waals surface area contributed by atoms with Gasteiger partial charge in [0.1, 0.15) is 5.69 Å². The molecule has 1 aliphatic rings. The largest absolute Gasteiger partial charge is 0.349 e. The number of hydrogen-bond acceptors (Lipinski definition) is 5. The van der Waals surface area contributed by atoms with Crippen molar-refractivity contribution in [3.8, 4) is 0 Å². The second-order valence-corrected chi connectivity index (χ2v) is 6.70. The van der Waals surface area contributed by atoms with Crippen LogP contribution in [-0.2, 0) is 0 Å². The van der Waals surface area contributed by atoms with E-state index in [2.05, 4.69) is 37.3 Å². The molecule has 27 heavy (non-hydrogen) atoms. The minimum Gasteiger partial charge on any atom is -0.349 e. The van der Waals surface area contributed by atoms with Crippen molar-refractivity contribution in [2.75, 3.05) is 19.6 Å². The molecule has 1 unspecified atom stereocenters. The molecule has 0 saturated carbocycles. The molecular formula is C20H21N5O2. The molecule has 0 aliphatic carbocycles. The molecule has 0 bridgehead atoms. The predicted molar refractivity (Wildman–Crippen MR) is 102 cm³/mol. The molecule has 4 rings (SSSR count). The highest BCUT2D eigenvalue weighted by atomic mass is 16.2. The number of carbonyl (C=O) groups excluding carboxylic acids is 1. The van der Waals surface area contributed by atoms with Crippen molar-refractivity contribution in [1.82, 2.24) is 25.2 Å². The number of amides is 1. The molecule has 3 aromatic rings. The maximum Gasteiger partial charge on any atom is 0.269 e. The lowest BCUT2D eigenvalue weighted by molar-refractivity contribution is 0.0933. The van der Waals surface area contributed by atoms with Gasteiger partial charge < -0.3 is 10.3 Å². The molecule has 1 aliphatic heterocycles. The molecule has 7 nitrogen and oxygen atoms in total. The first kappa shape index (κ1) is 17.4. The van der Waals surface area contributed by atoms with Crippen LogP contribution in [0.2, 0.25) is 0 Å². The molecule has 138 valence electrons. The van der Waals surface area contributed by atoms with Gasteiger partial charge in [-0.1, -0.05) is 30.3 Å². The van der Waals surface area contributed by atoms with E-state index in [0.717, 1.165) is 13.1 Å². The molecule has 1 fully saturated rings. The molecule has 1 atom stereocenters. The fraction of sp³-hybridized carbons (Fsp3) is 0.300. The maximum atomic E-state index is 12.6. The molecule has 1 aromatic carbocycles. The first-order chi connectivity index (χ1) is 13.2. The number of pyridine rings is 1. The van der Waals surface area contributed by atoms with Gasteiger partial charge in [0, 0.05) is 6.54 Å². The first-order valence-electron chi connectivity index (χ1n) is 9.13. The Labute approximate surface area is 156 Å². The predicted octanol–water partition coefficient (Wildman–Crippen LogP) is 1.88. The van der Waals surface area contributed by atoms with E-state index in [1.54, 1.807) is 0 Å². The van der Waals surface area contributed by atoms with E-state index < -0.39 is 0 Å². The van der Waals surface area contributed by atoms with Gasteiger partial charge >= 0.3 is 0 Å². The summed E-state index contributed by atoms with van der Waals surface area (Å²) >= 11 is 0. The summed E-state index contributed by atoms with van der Waals surface area (Å²) in [6.07, 6.45) is 5.14. The van der Waals surface area contributed by atoms with Crippen molar-refractivity contribution in [3.63, 3.8) is 0 Å². The van der Waals surface area contributed by atoms with Crippen LogP contribution < -0.4 is 10.9 Å². The van der Waals surface area contributed by atoms with E-state index >= 15 is 0 Å². The lowest BCUT2D eigenvalue weighted by Crippen LogP contribution is -2.37. The van der Waals surface area contributed by atoms with E-state index in [0.29, 0.717) is 17.4 Å². The fourth-order valence-corrected chi connectivity index (χ4v) is 3.56. The molecule has 0 radical (unpaired) electrons. The molecule has 2 N–H and O–H groups in total. The van der Waals surface area contributed by atoms with Crippen molar-refractivity contribution < 1.29 is 4.79 Å². The summed E-state index contributed by atoms with van der Waals surface area (Å²) in [5.41, 5.74) is 1.59. The highest BCUT2D eigenvalue weighted by Gasteiger charge is 2.24. The molecule has 1 saturated heterocycles. The average molecular weight is 363 g/mol. The zero-order valence-corrected chi connectivity index (χ0v) is 14.9. The van der Waals surface area contributed by atoms with Gasteiger partial charge in [-0.3, -0.25) is 14.5 Å². The standard InChI is InChI=1S/C20H21N5O2/c26-19-15-10-16(21-11-17(15)23-13-24-19)20(27)22-12-18(25-8-4-5-9-25)14-6-2-1-3-7-14/h1-3,6-7,10-11,13,18H,4-5,8-9,12H2,(H,22,27)(H,23,24,26). The molecule has 1 amide bonds. The fourth-order valence-electron chi connectivity index (χ4n) is 3.56.